The number of aliphatic hydroxyl groups is 1. The summed E-state index contributed by atoms with van der Waals surface area (Å²) in [5.41, 5.74) is 0.727. The standard InChI is InChI=1S/C11H13NO2/c1-8(7-12)6-11(14)9-2-4-10(13)5-3-9/h2-5,8,11,13-14H,6H2,1H3. The molecular formula is C11H13NO2. The highest BCUT2D eigenvalue weighted by Crippen LogP contribution is 2.22. The summed E-state index contributed by atoms with van der Waals surface area (Å²) in [5, 5.41) is 27.3. The third-order valence-corrected chi connectivity index (χ3v) is 2.08. The van der Waals surface area contributed by atoms with Crippen LogP contribution in [0.5, 0.6) is 5.75 Å². The first-order valence-electron chi connectivity index (χ1n) is 4.50. The molecule has 0 amide bonds. The van der Waals surface area contributed by atoms with Gasteiger partial charge >= 0.3 is 0 Å². The normalized spacial score (nSPS) is 14.4. The molecule has 0 heterocycles. The number of hydrogen-bond donors (Lipinski definition) is 2. The Morgan fingerprint density at radius 1 is 1.36 bits per heavy atom. The fourth-order valence-corrected chi connectivity index (χ4v) is 1.22. The Kier molecular flexibility index (Phi) is 3.49. The summed E-state index contributed by atoms with van der Waals surface area (Å²) >= 11 is 0. The number of aromatic hydroxyl groups is 1. The van der Waals surface area contributed by atoms with Gasteiger partial charge < -0.3 is 10.2 Å². The van der Waals surface area contributed by atoms with Crippen molar-refractivity contribution in [3.8, 4) is 11.8 Å². The van der Waals surface area contributed by atoms with Crippen LogP contribution in [-0.2, 0) is 0 Å². The zero-order valence-electron chi connectivity index (χ0n) is 8.01. The van der Waals surface area contributed by atoms with E-state index in [4.69, 9.17) is 10.4 Å². The molecule has 14 heavy (non-hydrogen) atoms. The summed E-state index contributed by atoms with van der Waals surface area (Å²) in [4.78, 5) is 0. The van der Waals surface area contributed by atoms with Crippen molar-refractivity contribution in [3.05, 3.63) is 29.8 Å². The van der Waals surface area contributed by atoms with Gasteiger partial charge in [-0.15, -0.1) is 0 Å². The predicted octanol–water partition coefficient (Wildman–Crippen LogP) is 1.98. The first kappa shape index (κ1) is 10.6. The molecule has 2 unspecified atom stereocenters. The van der Waals surface area contributed by atoms with E-state index in [0.717, 1.165) is 5.56 Å². The zero-order chi connectivity index (χ0) is 10.6. The van der Waals surface area contributed by atoms with Crippen molar-refractivity contribution in [1.29, 1.82) is 5.26 Å². The molecule has 1 rings (SSSR count). The van der Waals surface area contributed by atoms with Crippen LogP contribution in [0.3, 0.4) is 0 Å². The SMILES string of the molecule is CC(C#N)CC(O)c1ccc(O)cc1. The van der Waals surface area contributed by atoms with Crippen molar-refractivity contribution < 1.29 is 10.2 Å². The quantitative estimate of drug-likeness (QED) is 0.767. The van der Waals surface area contributed by atoms with E-state index in [1.165, 1.54) is 12.1 Å². The molecule has 0 saturated carbocycles. The van der Waals surface area contributed by atoms with Crippen molar-refractivity contribution in [1.82, 2.24) is 0 Å². The lowest BCUT2D eigenvalue weighted by Gasteiger charge is -2.11. The van der Waals surface area contributed by atoms with Gasteiger partial charge in [-0.05, 0) is 31.0 Å². The molecule has 0 aliphatic carbocycles. The molecule has 0 aromatic heterocycles. The van der Waals surface area contributed by atoms with Gasteiger partial charge in [0.25, 0.3) is 0 Å². The fraction of sp³-hybridized carbons (Fsp3) is 0.364. The maximum atomic E-state index is 9.68. The average molecular weight is 191 g/mol. The Hall–Kier alpha value is -1.53. The largest absolute Gasteiger partial charge is 0.508 e. The molecule has 0 radical (unpaired) electrons. The van der Waals surface area contributed by atoms with E-state index in [0.29, 0.717) is 6.42 Å². The van der Waals surface area contributed by atoms with Crippen molar-refractivity contribution in [2.45, 2.75) is 19.4 Å². The minimum absolute atomic E-state index is 0.168. The minimum atomic E-state index is -0.634. The van der Waals surface area contributed by atoms with Gasteiger partial charge in [0, 0.05) is 5.92 Å². The highest BCUT2D eigenvalue weighted by atomic mass is 16.3. The van der Waals surface area contributed by atoms with Crippen LogP contribution >= 0.6 is 0 Å². The average Bonchev–Trinajstić information content (AvgIpc) is 2.18. The van der Waals surface area contributed by atoms with Crippen LogP contribution in [0.15, 0.2) is 24.3 Å². The highest BCUT2D eigenvalue weighted by molar-refractivity contribution is 5.27. The molecular weight excluding hydrogens is 178 g/mol. The number of nitriles is 1. The number of phenolic OH excluding ortho intramolecular Hbond substituents is 1. The Bertz CT molecular complexity index is 326. The molecule has 0 fully saturated rings. The first-order chi connectivity index (χ1) is 6.63. The van der Waals surface area contributed by atoms with Crippen LogP contribution in [-0.4, -0.2) is 10.2 Å². The number of hydrogen-bond acceptors (Lipinski definition) is 3. The summed E-state index contributed by atoms with van der Waals surface area (Å²) in [5.74, 6) is 0.00749. The van der Waals surface area contributed by atoms with Gasteiger partial charge in [-0.2, -0.15) is 5.26 Å². The Labute approximate surface area is 83.2 Å². The monoisotopic (exact) mass is 191 g/mol. The van der Waals surface area contributed by atoms with E-state index in [2.05, 4.69) is 6.07 Å². The Morgan fingerprint density at radius 3 is 2.43 bits per heavy atom. The molecule has 0 aliphatic rings. The number of phenols is 1. The smallest absolute Gasteiger partial charge is 0.115 e. The summed E-state index contributed by atoms with van der Waals surface area (Å²) < 4.78 is 0. The van der Waals surface area contributed by atoms with Gasteiger partial charge in [0.2, 0.25) is 0 Å². The Balaban J connectivity index is 2.66. The third kappa shape index (κ3) is 2.75. The van der Waals surface area contributed by atoms with Crippen molar-refractivity contribution in [3.63, 3.8) is 0 Å². The molecule has 1 aromatic rings. The number of aliphatic hydroxyl groups excluding tert-OH is 1. The Morgan fingerprint density at radius 2 is 1.93 bits per heavy atom. The van der Waals surface area contributed by atoms with Gasteiger partial charge in [-0.1, -0.05) is 12.1 Å². The van der Waals surface area contributed by atoms with E-state index >= 15 is 0 Å². The molecule has 2 N–H and O–H groups in total. The lowest BCUT2D eigenvalue weighted by atomic mass is 9.99. The van der Waals surface area contributed by atoms with Crippen molar-refractivity contribution >= 4 is 0 Å². The summed E-state index contributed by atoms with van der Waals surface area (Å²) in [6, 6.07) is 8.43. The zero-order valence-corrected chi connectivity index (χ0v) is 8.01. The molecule has 0 aliphatic heterocycles. The summed E-state index contributed by atoms with van der Waals surface area (Å²) in [6.07, 6.45) is -0.216. The second kappa shape index (κ2) is 4.64. The molecule has 3 heteroatoms. The molecule has 0 saturated heterocycles. The molecule has 1 aromatic carbocycles. The topological polar surface area (TPSA) is 64.2 Å². The van der Waals surface area contributed by atoms with Gasteiger partial charge in [0.1, 0.15) is 5.75 Å². The van der Waals surface area contributed by atoms with E-state index in [-0.39, 0.29) is 11.7 Å². The van der Waals surface area contributed by atoms with Crippen LogP contribution in [0.4, 0.5) is 0 Å². The summed E-state index contributed by atoms with van der Waals surface area (Å²) in [6.45, 7) is 1.77. The van der Waals surface area contributed by atoms with Crippen LogP contribution in [0.2, 0.25) is 0 Å². The van der Waals surface area contributed by atoms with Crippen molar-refractivity contribution in [2.75, 3.05) is 0 Å². The second-order valence-electron chi connectivity index (χ2n) is 3.37. The van der Waals surface area contributed by atoms with E-state index in [1.807, 2.05) is 0 Å². The number of nitrogens with zero attached hydrogens (tertiary/aromatic N) is 1. The van der Waals surface area contributed by atoms with Gasteiger partial charge in [0.05, 0.1) is 12.2 Å². The predicted molar refractivity (Wildman–Crippen MR) is 52.5 cm³/mol. The third-order valence-electron chi connectivity index (χ3n) is 2.08. The van der Waals surface area contributed by atoms with Crippen LogP contribution in [0.25, 0.3) is 0 Å². The molecule has 3 nitrogen and oxygen atoms in total. The van der Waals surface area contributed by atoms with E-state index in [9.17, 15) is 5.11 Å². The summed E-state index contributed by atoms with van der Waals surface area (Å²) in [7, 11) is 0. The molecule has 2 atom stereocenters. The van der Waals surface area contributed by atoms with Gasteiger partial charge in [0.15, 0.2) is 0 Å². The van der Waals surface area contributed by atoms with E-state index < -0.39 is 6.10 Å². The molecule has 0 spiro atoms. The second-order valence-corrected chi connectivity index (χ2v) is 3.37. The first-order valence-corrected chi connectivity index (χ1v) is 4.50. The maximum absolute atomic E-state index is 9.68. The highest BCUT2D eigenvalue weighted by Gasteiger charge is 2.11. The van der Waals surface area contributed by atoms with Crippen LogP contribution in [0.1, 0.15) is 25.0 Å². The van der Waals surface area contributed by atoms with Crippen molar-refractivity contribution in [2.24, 2.45) is 5.92 Å². The van der Waals surface area contributed by atoms with E-state index in [1.54, 1.807) is 19.1 Å². The molecule has 74 valence electrons. The lowest BCUT2D eigenvalue weighted by molar-refractivity contribution is 0.156. The maximum Gasteiger partial charge on any atom is 0.115 e. The number of rotatable bonds is 3. The van der Waals surface area contributed by atoms with Crippen LogP contribution in [0, 0.1) is 17.2 Å². The van der Waals surface area contributed by atoms with Gasteiger partial charge in [-0.3, -0.25) is 0 Å². The molecule has 0 bridgehead atoms. The minimum Gasteiger partial charge on any atom is -0.508 e. The lowest BCUT2D eigenvalue weighted by Crippen LogP contribution is -2.02. The number of benzene rings is 1. The van der Waals surface area contributed by atoms with Crippen LogP contribution < -0.4 is 0 Å². The fourth-order valence-electron chi connectivity index (χ4n) is 1.22. The van der Waals surface area contributed by atoms with Gasteiger partial charge in [-0.25, -0.2) is 0 Å².